The smallest absolute Gasteiger partial charge is 0.320 e. The van der Waals surface area contributed by atoms with E-state index in [4.69, 9.17) is 15.9 Å². The second-order valence-corrected chi connectivity index (χ2v) is 3.00. The first kappa shape index (κ1) is 11.9. The molecule has 4 N–H and O–H groups in total. The molecule has 0 aliphatic heterocycles. The van der Waals surface area contributed by atoms with Gasteiger partial charge in [-0.05, 0) is 12.8 Å². The highest BCUT2D eigenvalue weighted by molar-refractivity contribution is 5.75. The Hall–Kier alpha value is -1.10. The molecule has 0 rings (SSSR count). The highest BCUT2D eigenvalue weighted by Gasteiger charge is 2.23. The number of carboxylic acid groups (broad SMARTS) is 2. The maximum absolute atomic E-state index is 10.6. The molecule has 0 aliphatic carbocycles. The van der Waals surface area contributed by atoms with E-state index < -0.39 is 23.9 Å². The van der Waals surface area contributed by atoms with Crippen LogP contribution in [0, 0.1) is 5.92 Å². The lowest BCUT2D eigenvalue weighted by Gasteiger charge is -2.13. The molecule has 0 saturated heterocycles. The predicted octanol–water partition coefficient (Wildman–Crippen LogP) is 0.289. The van der Waals surface area contributed by atoms with Crippen molar-refractivity contribution in [3.63, 3.8) is 0 Å². The number of hydrogen-bond donors (Lipinski definition) is 3. The van der Waals surface area contributed by atoms with E-state index in [-0.39, 0.29) is 6.42 Å². The summed E-state index contributed by atoms with van der Waals surface area (Å²) in [5.74, 6) is -2.77. The van der Waals surface area contributed by atoms with Crippen LogP contribution in [0.1, 0.15) is 26.2 Å². The van der Waals surface area contributed by atoms with E-state index in [9.17, 15) is 9.59 Å². The summed E-state index contributed by atoms with van der Waals surface area (Å²) in [7, 11) is 0. The topological polar surface area (TPSA) is 101 Å². The van der Waals surface area contributed by atoms with Crippen LogP contribution in [-0.4, -0.2) is 28.2 Å². The molecule has 5 heteroatoms. The van der Waals surface area contributed by atoms with Gasteiger partial charge >= 0.3 is 11.9 Å². The molecule has 0 aromatic rings. The molecule has 0 heterocycles. The van der Waals surface area contributed by atoms with Crippen LogP contribution in [0.5, 0.6) is 0 Å². The summed E-state index contributed by atoms with van der Waals surface area (Å²) >= 11 is 0. The van der Waals surface area contributed by atoms with Crippen LogP contribution in [0.3, 0.4) is 0 Å². The van der Waals surface area contributed by atoms with Crippen LogP contribution in [0.15, 0.2) is 0 Å². The van der Waals surface area contributed by atoms with Gasteiger partial charge in [0.15, 0.2) is 0 Å². The molecule has 0 radical (unpaired) electrons. The molecule has 0 fully saturated rings. The number of hydrogen-bond acceptors (Lipinski definition) is 3. The predicted molar refractivity (Wildman–Crippen MR) is 46.3 cm³/mol. The van der Waals surface area contributed by atoms with E-state index in [1.54, 1.807) is 0 Å². The van der Waals surface area contributed by atoms with Crippen LogP contribution in [0.2, 0.25) is 0 Å². The number of nitrogens with two attached hydrogens (primary N) is 1. The summed E-state index contributed by atoms with van der Waals surface area (Å²) in [5.41, 5.74) is 5.22. The van der Waals surface area contributed by atoms with Gasteiger partial charge in [-0.1, -0.05) is 13.3 Å². The van der Waals surface area contributed by atoms with Crippen molar-refractivity contribution in [2.45, 2.75) is 32.2 Å². The second kappa shape index (κ2) is 5.53. The molecule has 0 saturated carbocycles. The minimum absolute atomic E-state index is 0.00148. The summed E-state index contributed by atoms with van der Waals surface area (Å²) in [6.07, 6.45) is 1.18. The molecular weight excluding hydrogens is 174 g/mol. The molecule has 0 amide bonds. The Bertz CT molecular complexity index is 193. The zero-order valence-electron chi connectivity index (χ0n) is 7.56. The summed E-state index contributed by atoms with van der Waals surface area (Å²) in [6, 6.07) is -1.08. The van der Waals surface area contributed by atoms with Gasteiger partial charge in [0, 0.05) is 0 Å². The Kier molecular flexibility index (Phi) is 5.06. The first-order valence-electron chi connectivity index (χ1n) is 4.20. The Morgan fingerprint density at radius 2 is 1.85 bits per heavy atom. The molecule has 76 valence electrons. The van der Waals surface area contributed by atoms with E-state index in [0.717, 1.165) is 0 Å². The van der Waals surface area contributed by atoms with Crippen LogP contribution in [0.4, 0.5) is 0 Å². The van der Waals surface area contributed by atoms with Gasteiger partial charge in [0.1, 0.15) is 6.04 Å². The van der Waals surface area contributed by atoms with E-state index in [0.29, 0.717) is 12.8 Å². The van der Waals surface area contributed by atoms with Crippen LogP contribution < -0.4 is 5.73 Å². The van der Waals surface area contributed by atoms with Crippen molar-refractivity contribution < 1.29 is 19.8 Å². The first-order valence-corrected chi connectivity index (χ1v) is 4.20. The molecule has 0 aromatic carbocycles. The number of carboxylic acids is 2. The quantitative estimate of drug-likeness (QED) is 0.557. The monoisotopic (exact) mass is 189 g/mol. The van der Waals surface area contributed by atoms with Crippen molar-refractivity contribution in [1.29, 1.82) is 0 Å². The zero-order valence-corrected chi connectivity index (χ0v) is 7.56. The second-order valence-electron chi connectivity index (χ2n) is 3.00. The highest BCUT2D eigenvalue weighted by atomic mass is 16.4. The van der Waals surface area contributed by atoms with Crippen molar-refractivity contribution >= 4 is 11.9 Å². The molecule has 0 spiro atoms. The number of rotatable bonds is 6. The van der Waals surface area contributed by atoms with Gasteiger partial charge in [0.25, 0.3) is 0 Å². The number of aliphatic carboxylic acids is 2. The van der Waals surface area contributed by atoms with Crippen LogP contribution in [-0.2, 0) is 9.59 Å². The van der Waals surface area contributed by atoms with Crippen LogP contribution >= 0.6 is 0 Å². The average Bonchev–Trinajstić information content (AvgIpc) is 2.03. The summed E-state index contributed by atoms with van der Waals surface area (Å²) in [4.78, 5) is 20.9. The fraction of sp³-hybridized carbons (Fsp3) is 0.750. The fourth-order valence-corrected chi connectivity index (χ4v) is 1.10. The lowest BCUT2D eigenvalue weighted by atomic mass is 9.96. The zero-order chi connectivity index (χ0) is 10.4. The highest BCUT2D eigenvalue weighted by Crippen LogP contribution is 2.13. The van der Waals surface area contributed by atoms with Gasteiger partial charge in [-0.2, -0.15) is 0 Å². The van der Waals surface area contributed by atoms with Crippen molar-refractivity contribution in [1.82, 2.24) is 0 Å². The van der Waals surface area contributed by atoms with E-state index in [2.05, 4.69) is 0 Å². The molecular formula is C8H15NO4. The standard InChI is InChI=1S/C8H15NO4/c1-2-3-5(7(10)11)4-6(9)8(12)13/h5-6H,2-4,9H2,1H3,(H,10,11)(H,12,13)/t5-,6-/m0/s1. The maximum atomic E-state index is 10.6. The van der Waals surface area contributed by atoms with E-state index >= 15 is 0 Å². The first-order chi connectivity index (χ1) is 5.99. The lowest BCUT2D eigenvalue weighted by Crippen LogP contribution is -2.34. The Labute approximate surface area is 76.5 Å². The third kappa shape index (κ3) is 4.47. The van der Waals surface area contributed by atoms with Gasteiger partial charge in [-0.25, -0.2) is 0 Å². The summed E-state index contributed by atoms with van der Waals surface area (Å²) in [6.45, 7) is 1.85. The SMILES string of the molecule is CCC[C@@H](C[C@H](N)C(=O)O)C(=O)O. The molecule has 0 bridgehead atoms. The molecule has 2 atom stereocenters. The Balaban J connectivity index is 4.09. The van der Waals surface area contributed by atoms with E-state index in [1.165, 1.54) is 0 Å². The molecule has 5 nitrogen and oxygen atoms in total. The Morgan fingerprint density at radius 1 is 1.31 bits per heavy atom. The fourth-order valence-electron chi connectivity index (χ4n) is 1.10. The third-order valence-electron chi connectivity index (χ3n) is 1.84. The van der Waals surface area contributed by atoms with Crippen molar-refractivity contribution in [2.24, 2.45) is 11.7 Å². The molecule has 13 heavy (non-hydrogen) atoms. The van der Waals surface area contributed by atoms with Crippen molar-refractivity contribution in [3.8, 4) is 0 Å². The largest absolute Gasteiger partial charge is 0.481 e. The maximum Gasteiger partial charge on any atom is 0.320 e. The van der Waals surface area contributed by atoms with Gasteiger partial charge in [-0.3, -0.25) is 9.59 Å². The van der Waals surface area contributed by atoms with Crippen LogP contribution in [0.25, 0.3) is 0 Å². The number of carbonyl (C=O) groups is 2. The summed E-state index contributed by atoms with van der Waals surface area (Å²) in [5, 5.41) is 17.1. The molecule has 0 aliphatic rings. The Morgan fingerprint density at radius 3 is 2.15 bits per heavy atom. The normalized spacial score (nSPS) is 14.9. The average molecular weight is 189 g/mol. The van der Waals surface area contributed by atoms with Crippen molar-refractivity contribution in [2.75, 3.05) is 0 Å². The molecule has 0 unspecified atom stereocenters. The van der Waals surface area contributed by atoms with Gasteiger partial charge in [0.05, 0.1) is 5.92 Å². The van der Waals surface area contributed by atoms with Gasteiger partial charge in [0.2, 0.25) is 0 Å². The third-order valence-corrected chi connectivity index (χ3v) is 1.84. The lowest BCUT2D eigenvalue weighted by molar-refractivity contribution is -0.143. The molecule has 0 aromatic heterocycles. The van der Waals surface area contributed by atoms with Gasteiger partial charge in [-0.15, -0.1) is 0 Å². The summed E-state index contributed by atoms with van der Waals surface area (Å²) < 4.78 is 0. The minimum atomic E-state index is -1.15. The van der Waals surface area contributed by atoms with Gasteiger partial charge < -0.3 is 15.9 Å². The van der Waals surface area contributed by atoms with Crippen molar-refractivity contribution in [3.05, 3.63) is 0 Å². The minimum Gasteiger partial charge on any atom is -0.481 e. The van der Waals surface area contributed by atoms with E-state index in [1.807, 2.05) is 6.92 Å².